The number of anilines is 1. The Hall–Kier alpha value is -2.90. The fourth-order valence-electron chi connectivity index (χ4n) is 3.63. The molecule has 0 spiro atoms. The zero-order valence-corrected chi connectivity index (χ0v) is 18.6. The molecular weight excluding hydrogens is 392 g/mol. The van der Waals surface area contributed by atoms with Gasteiger partial charge in [0.2, 0.25) is 11.8 Å². The molecule has 1 N–H and O–H groups in total. The number of nitrogens with zero attached hydrogens (tertiary/aromatic N) is 3. The van der Waals surface area contributed by atoms with E-state index in [1.807, 2.05) is 23.1 Å². The number of nitrogens with one attached hydrogen (secondary N) is 1. The van der Waals surface area contributed by atoms with E-state index in [4.69, 9.17) is 4.74 Å². The van der Waals surface area contributed by atoms with Crippen molar-refractivity contribution in [3.8, 4) is 5.75 Å². The van der Waals surface area contributed by atoms with E-state index in [9.17, 15) is 9.59 Å². The number of rotatable bonds is 8. The summed E-state index contributed by atoms with van der Waals surface area (Å²) in [7, 11) is 3.37. The average molecular weight is 425 g/mol. The molecule has 0 saturated carbocycles. The van der Waals surface area contributed by atoms with Crippen LogP contribution in [-0.4, -0.2) is 79.4 Å². The van der Waals surface area contributed by atoms with E-state index in [0.717, 1.165) is 19.6 Å². The summed E-state index contributed by atoms with van der Waals surface area (Å²) in [4.78, 5) is 31.5. The number of piperazine rings is 1. The van der Waals surface area contributed by atoms with Crippen molar-refractivity contribution in [2.75, 3.05) is 52.2 Å². The monoisotopic (exact) mass is 424 g/mol. The number of benzene rings is 2. The molecule has 31 heavy (non-hydrogen) atoms. The van der Waals surface area contributed by atoms with Gasteiger partial charge in [0.05, 0.1) is 25.4 Å². The van der Waals surface area contributed by atoms with Crippen LogP contribution in [-0.2, 0) is 16.1 Å². The quantitative estimate of drug-likeness (QED) is 0.705. The first-order valence-electron chi connectivity index (χ1n) is 10.7. The van der Waals surface area contributed by atoms with Crippen LogP contribution in [0.5, 0.6) is 5.75 Å². The number of hydrogen-bond donors (Lipinski definition) is 1. The van der Waals surface area contributed by atoms with E-state index in [1.54, 1.807) is 38.1 Å². The van der Waals surface area contributed by atoms with Crippen LogP contribution in [0, 0.1) is 0 Å². The lowest BCUT2D eigenvalue weighted by Gasteiger charge is -2.36. The summed E-state index contributed by atoms with van der Waals surface area (Å²) in [5.74, 6) is 0.487. The van der Waals surface area contributed by atoms with Crippen molar-refractivity contribution in [1.82, 2.24) is 14.7 Å². The zero-order chi connectivity index (χ0) is 22.2. The van der Waals surface area contributed by atoms with Gasteiger partial charge in [0.15, 0.2) is 0 Å². The van der Waals surface area contributed by atoms with Crippen molar-refractivity contribution in [2.45, 2.75) is 19.5 Å². The lowest BCUT2D eigenvalue weighted by molar-refractivity contribution is -0.135. The van der Waals surface area contributed by atoms with Gasteiger partial charge in [-0.15, -0.1) is 0 Å². The van der Waals surface area contributed by atoms with Crippen molar-refractivity contribution in [1.29, 1.82) is 0 Å². The third-order valence-electron chi connectivity index (χ3n) is 5.76. The van der Waals surface area contributed by atoms with Gasteiger partial charge in [-0.2, -0.15) is 0 Å². The fourth-order valence-corrected chi connectivity index (χ4v) is 3.63. The highest BCUT2D eigenvalue weighted by atomic mass is 16.5. The van der Waals surface area contributed by atoms with Gasteiger partial charge >= 0.3 is 0 Å². The van der Waals surface area contributed by atoms with Crippen LogP contribution >= 0.6 is 0 Å². The van der Waals surface area contributed by atoms with Crippen molar-refractivity contribution >= 4 is 17.5 Å². The van der Waals surface area contributed by atoms with E-state index in [0.29, 0.717) is 24.5 Å². The van der Waals surface area contributed by atoms with E-state index in [2.05, 4.69) is 34.5 Å². The molecule has 1 fully saturated rings. The van der Waals surface area contributed by atoms with Gasteiger partial charge in [0.1, 0.15) is 5.75 Å². The zero-order valence-electron chi connectivity index (χ0n) is 18.6. The number of carbonyl (C=O) groups excluding carboxylic acids is 2. The molecule has 2 aromatic rings. The number of methoxy groups -OCH3 is 1. The number of hydrogen-bond acceptors (Lipinski definition) is 5. The second-order valence-corrected chi connectivity index (χ2v) is 7.92. The van der Waals surface area contributed by atoms with Gasteiger partial charge in [-0.1, -0.05) is 42.5 Å². The number of para-hydroxylation sites is 2. The SMILES string of the molecule is COc1ccccc1NC(=O)[C@H](C)N(C)CC(=O)N1CCN(Cc2ccccc2)CC1. The predicted molar refractivity (Wildman–Crippen MR) is 122 cm³/mol. The summed E-state index contributed by atoms with van der Waals surface area (Å²) in [5.41, 5.74) is 1.91. The van der Waals surface area contributed by atoms with Gasteiger partial charge in [0.25, 0.3) is 0 Å². The normalized spacial score (nSPS) is 15.5. The van der Waals surface area contributed by atoms with Gasteiger partial charge in [-0.05, 0) is 31.7 Å². The van der Waals surface area contributed by atoms with E-state index < -0.39 is 6.04 Å². The Labute approximate surface area is 184 Å². The van der Waals surface area contributed by atoms with Gasteiger partial charge in [0, 0.05) is 32.7 Å². The number of ether oxygens (including phenoxy) is 1. The van der Waals surface area contributed by atoms with Gasteiger partial charge in [-0.25, -0.2) is 0 Å². The highest BCUT2D eigenvalue weighted by molar-refractivity contribution is 5.96. The molecule has 1 heterocycles. The van der Waals surface area contributed by atoms with Crippen LogP contribution in [0.15, 0.2) is 54.6 Å². The lowest BCUT2D eigenvalue weighted by atomic mass is 10.2. The molecule has 0 bridgehead atoms. The van der Waals surface area contributed by atoms with E-state index in [-0.39, 0.29) is 18.4 Å². The number of amides is 2. The first-order chi connectivity index (χ1) is 15.0. The topological polar surface area (TPSA) is 65.1 Å². The smallest absolute Gasteiger partial charge is 0.241 e. The molecule has 1 saturated heterocycles. The van der Waals surface area contributed by atoms with Crippen molar-refractivity contribution < 1.29 is 14.3 Å². The van der Waals surface area contributed by atoms with Crippen LogP contribution in [0.1, 0.15) is 12.5 Å². The molecule has 0 radical (unpaired) electrons. The van der Waals surface area contributed by atoms with E-state index >= 15 is 0 Å². The third kappa shape index (κ3) is 6.29. The Morgan fingerprint density at radius 1 is 1.03 bits per heavy atom. The van der Waals surface area contributed by atoms with Crippen molar-refractivity contribution in [3.63, 3.8) is 0 Å². The molecule has 0 unspecified atom stereocenters. The maximum Gasteiger partial charge on any atom is 0.241 e. The van der Waals surface area contributed by atoms with Gasteiger partial charge in [-0.3, -0.25) is 19.4 Å². The largest absolute Gasteiger partial charge is 0.495 e. The Morgan fingerprint density at radius 2 is 1.68 bits per heavy atom. The second-order valence-electron chi connectivity index (χ2n) is 7.92. The van der Waals surface area contributed by atoms with Crippen LogP contribution in [0.2, 0.25) is 0 Å². The molecule has 7 heteroatoms. The summed E-state index contributed by atoms with van der Waals surface area (Å²) >= 11 is 0. The molecule has 1 aliphatic rings. The highest BCUT2D eigenvalue weighted by Crippen LogP contribution is 2.23. The average Bonchev–Trinajstić information content (AvgIpc) is 2.80. The Morgan fingerprint density at radius 3 is 2.35 bits per heavy atom. The standard InChI is InChI=1S/C24H32N4O3/c1-19(24(30)25-21-11-7-8-12-22(21)31-3)26(2)18-23(29)28-15-13-27(14-16-28)17-20-9-5-4-6-10-20/h4-12,19H,13-18H2,1-3H3,(H,25,30)/t19-/m0/s1. The first-order valence-corrected chi connectivity index (χ1v) is 10.7. The van der Waals surface area contributed by atoms with Crippen molar-refractivity contribution in [2.24, 2.45) is 0 Å². The Kier molecular flexibility index (Phi) is 8.03. The summed E-state index contributed by atoms with van der Waals surface area (Å²) in [6, 6.07) is 17.2. The maximum atomic E-state index is 12.8. The first kappa shape index (κ1) is 22.8. The molecule has 2 amide bonds. The minimum absolute atomic E-state index is 0.0544. The lowest BCUT2D eigenvalue weighted by Crippen LogP contribution is -2.52. The maximum absolute atomic E-state index is 12.8. The summed E-state index contributed by atoms with van der Waals surface area (Å²) in [6.45, 7) is 6.04. The highest BCUT2D eigenvalue weighted by Gasteiger charge is 2.25. The predicted octanol–water partition coefficient (Wildman–Crippen LogP) is 2.30. The molecule has 7 nitrogen and oxygen atoms in total. The third-order valence-corrected chi connectivity index (χ3v) is 5.76. The fraction of sp³-hybridized carbons (Fsp3) is 0.417. The molecular formula is C24H32N4O3. The molecule has 0 aliphatic carbocycles. The summed E-state index contributed by atoms with van der Waals surface area (Å²) in [5, 5.41) is 2.89. The molecule has 1 aliphatic heterocycles. The second kappa shape index (κ2) is 10.9. The van der Waals surface area contributed by atoms with Crippen molar-refractivity contribution in [3.05, 3.63) is 60.2 Å². The van der Waals surface area contributed by atoms with E-state index in [1.165, 1.54) is 5.56 Å². The minimum Gasteiger partial charge on any atom is -0.495 e. The molecule has 0 aromatic heterocycles. The number of likely N-dealkylation sites (N-methyl/N-ethyl adjacent to an activating group) is 1. The Bertz CT molecular complexity index is 866. The van der Waals surface area contributed by atoms with Crippen LogP contribution in [0.4, 0.5) is 5.69 Å². The number of carbonyl (C=O) groups is 2. The molecule has 166 valence electrons. The van der Waals surface area contributed by atoms with Crippen LogP contribution in [0.25, 0.3) is 0 Å². The molecule has 1 atom stereocenters. The van der Waals surface area contributed by atoms with Gasteiger partial charge < -0.3 is 15.0 Å². The molecule has 2 aromatic carbocycles. The Balaban J connectivity index is 1.46. The molecule has 3 rings (SSSR count). The minimum atomic E-state index is -0.451. The van der Waals surface area contributed by atoms with Crippen LogP contribution < -0.4 is 10.1 Å². The summed E-state index contributed by atoms with van der Waals surface area (Å²) < 4.78 is 5.28. The van der Waals surface area contributed by atoms with Crippen LogP contribution in [0.3, 0.4) is 0 Å². The summed E-state index contributed by atoms with van der Waals surface area (Å²) in [6.07, 6.45) is 0.